The molecule has 0 amide bonds. The van der Waals surface area contributed by atoms with Crippen molar-refractivity contribution in [1.82, 2.24) is 4.57 Å². The minimum absolute atomic E-state index is 0.248. The van der Waals surface area contributed by atoms with Gasteiger partial charge in [0.05, 0.1) is 12.7 Å². The maximum Gasteiger partial charge on any atom is 0.338 e. The van der Waals surface area contributed by atoms with Crippen molar-refractivity contribution in [2.45, 2.75) is 31.7 Å². The number of rotatable bonds is 6. The number of aromatic nitrogens is 1. The van der Waals surface area contributed by atoms with Gasteiger partial charge in [0.1, 0.15) is 0 Å². The minimum Gasteiger partial charge on any atom is -0.465 e. The van der Waals surface area contributed by atoms with E-state index in [1.807, 2.05) is 6.07 Å². The fourth-order valence-electron chi connectivity index (χ4n) is 4.22. The van der Waals surface area contributed by atoms with Crippen LogP contribution in [0.25, 0.3) is 10.9 Å². The molecule has 1 saturated carbocycles. The number of methoxy groups -OCH3 is 1. The zero-order valence-corrected chi connectivity index (χ0v) is 19.6. The molecule has 0 aliphatic heterocycles. The Labute approximate surface area is 196 Å². The highest BCUT2D eigenvalue weighted by Gasteiger charge is 2.25. The zero-order valence-electron chi connectivity index (χ0n) is 17.5. The van der Waals surface area contributed by atoms with Crippen LogP contribution in [0.1, 0.15) is 51.4 Å². The van der Waals surface area contributed by atoms with Crippen molar-refractivity contribution in [3.8, 4) is 0 Å². The minimum atomic E-state index is -0.248. The van der Waals surface area contributed by atoms with E-state index in [9.17, 15) is 4.79 Å². The van der Waals surface area contributed by atoms with Gasteiger partial charge in [-0.05, 0) is 112 Å². The van der Waals surface area contributed by atoms with Crippen molar-refractivity contribution >= 4 is 39.5 Å². The molecule has 1 fully saturated rings. The lowest BCUT2D eigenvalue weighted by Crippen LogP contribution is -2.07. The van der Waals surface area contributed by atoms with Crippen molar-refractivity contribution in [1.29, 1.82) is 0 Å². The summed E-state index contributed by atoms with van der Waals surface area (Å²) in [6, 6.07) is 23.7. The Balaban J connectivity index is 1.41. The quantitative estimate of drug-likeness (QED) is 0.213. The lowest BCUT2D eigenvalue weighted by Gasteiger charge is -2.11. The smallest absolute Gasteiger partial charge is 0.338 e. The van der Waals surface area contributed by atoms with Crippen LogP contribution in [0.3, 0.4) is 0 Å². The molecular weight excluding hydrogens is 497 g/mol. The van der Waals surface area contributed by atoms with Crippen LogP contribution in [0, 0.1) is 3.57 Å². The number of benzene rings is 3. The summed E-state index contributed by atoms with van der Waals surface area (Å²) >= 11 is 2.33. The number of carbonyl (C=O) groups is 1. The van der Waals surface area contributed by atoms with Gasteiger partial charge in [-0.2, -0.15) is 0 Å². The molecule has 3 nitrogen and oxygen atoms in total. The Bertz CT molecular complexity index is 1250. The van der Waals surface area contributed by atoms with Gasteiger partial charge in [-0.3, -0.25) is 0 Å². The summed E-state index contributed by atoms with van der Waals surface area (Å²) in [5.74, 6) is 0.365. The summed E-state index contributed by atoms with van der Waals surface area (Å²) < 4.78 is 8.60. The Morgan fingerprint density at radius 3 is 2.52 bits per heavy atom. The van der Waals surface area contributed by atoms with Gasteiger partial charge in [-0.1, -0.05) is 30.3 Å². The molecule has 1 aliphatic rings. The first kappa shape index (κ1) is 20.3. The molecule has 0 radical (unpaired) electrons. The van der Waals surface area contributed by atoms with Crippen LogP contribution in [0.15, 0.2) is 72.9 Å². The molecule has 4 heteroatoms. The van der Waals surface area contributed by atoms with Crippen molar-refractivity contribution in [3.63, 3.8) is 0 Å². The highest BCUT2D eigenvalue weighted by atomic mass is 127. The number of hydrogen-bond donors (Lipinski definition) is 0. The Kier molecular flexibility index (Phi) is 5.57. The molecule has 3 aromatic carbocycles. The number of halogens is 1. The molecule has 1 aliphatic carbocycles. The van der Waals surface area contributed by atoms with E-state index in [1.165, 1.54) is 51.1 Å². The van der Waals surface area contributed by atoms with Crippen molar-refractivity contribution in [3.05, 3.63) is 104 Å². The molecule has 0 atom stereocenters. The van der Waals surface area contributed by atoms with Crippen LogP contribution in [0.2, 0.25) is 0 Å². The molecule has 0 saturated heterocycles. The van der Waals surface area contributed by atoms with Gasteiger partial charge in [-0.15, -0.1) is 0 Å². The van der Waals surface area contributed by atoms with Crippen molar-refractivity contribution < 1.29 is 9.53 Å². The number of hydrogen-bond acceptors (Lipinski definition) is 2. The Morgan fingerprint density at radius 2 is 1.77 bits per heavy atom. The lowest BCUT2D eigenvalue weighted by molar-refractivity contribution is 0.0599. The first-order valence-electron chi connectivity index (χ1n) is 10.6. The van der Waals surface area contributed by atoms with Crippen LogP contribution < -0.4 is 0 Å². The summed E-state index contributed by atoms with van der Waals surface area (Å²) in [5, 5.41) is 1.22. The van der Waals surface area contributed by atoms with E-state index in [4.69, 9.17) is 4.74 Å². The third-order valence-corrected chi connectivity index (χ3v) is 6.80. The van der Waals surface area contributed by atoms with E-state index < -0.39 is 0 Å². The Morgan fingerprint density at radius 1 is 1.00 bits per heavy atom. The molecule has 1 aromatic heterocycles. The van der Waals surface area contributed by atoms with Crippen molar-refractivity contribution in [2.24, 2.45) is 0 Å². The lowest BCUT2D eigenvalue weighted by atomic mass is 9.96. The van der Waals surface area contributed by atoms with Crippen LogP contribution in [-0.4, -0.2) is 17.6 Å². The largest absolute Gasteiger partial charge is 0.465 e. The van der Waals surface area contributed by atoms with Crippen LogP contribution in [0.4, 0.5) is 0 Å². The molecule has 0 unspecified atom stereocenters. The van der Waals surface area contributed by atoms with E-state index in [1.54, 1.807) is 0 Å². The molecule has 0 N–H and O–H groups in total. The van der Waals surface area contributed by atoms with Crippen molar-refractivity contribution in [2.75, 3.05) is 7.11 Å². The summed E-state index contributed by atoms with van der Waals surface area (Å²) in [5.41, 5.74) is 6.69. The van der Waals surface area contributed by atoms with Gasteiger partial charge >= 0.3 is 5.97 Å². The molecule has 4 aromatic rings. The second kappa shape index (κ2) is 8.50. The predicted octanol–water partition coefficient (Wildman–Crippen LogP) is 6.55. The highest BCUT2D eigenvalue weighted by molar-refractivity contribution is 14.1. The summed E-state index contributed by atoms with van der Waals surface area (Å²) in [6.45, 7) is 0.856. The van der Waals surface area contributed by atoms with E-state index >= 15 is 0 Å². The standard InChI is InChI=1S/C27H24INO2/c1-31-27(30)25-16-21(20-5-6-20)7-8-22(25)14-19-4-11-26-23(15-19)12-13-29(26)17-18-2-9-24(28)10-3-18/h2-4,7-13,15-16,20H,5-6,14,17H2,1H3. The van der Waals surface area contributed by atoms with Gasteiger partial charge in [0.25, 0.3) is 0 Å². The van der Waals surface area contributed by atoms with Gasteiger partial charge in [-0.25, -0.2) is 4.79 Å². The van der Waals surface area contributed by atoms with Crippen LogP contribution in [-0.2, 0) is 17.7 Å². The number of fused-ring (bicyclic) bond motifs is 1. The number of ether oxygens (including phenoxy) is 1. The summed E-state index contributed by atoms with van der Waals surface area (Å²) in [4.78, 5) is 12.4. The maximum atomic E-state index is 12.4. The number of nitrogens with zero attached hydrogens (tertiary/aromatic N) is 1. The normalized spacial score (nSPS) is 13.5. The monoisotopic (exact) mass is 521 g/mol. The molecule has 0 spiro atoms. The second-order valence-corrected chi connectivity index (χ2v) is 9.57. The molecule has 5 rings (SSSR count). The molecule has 31 heavy (non-hydrogen) atoms. The topological polar surface area (TPSA) is 31.2 Å². The predicted molar refractivity (Wildman–Crippen MR) is 133 cm³/mol. The van der Waals surface area contributed by atoms with Crippen LogP contribution in [0.5, 0.6) is 0 Å². The van der Waals surface area contributed by atoms with Gasteiger partial charge < -0.3 is 9.30 Å². The van der Waals surface area contributed by atoms with Gasteiger partial charge in [0.2, 0.25) is 0 Å². The molecular formula is C27H24INO2. The van der Waals surface area contributed by atoms with E-state index in [-0.39, 0.29) is 5.97 Å². The first-order chi connectivity index (χ1) is 15.1. The molecule has 156 valence electrons. The SMILES string of the molecule is COC(=O)c1cc(C2CC2)ccc1Cc1ccc2c(ccn2Cc2ccc(I)cc2)c1. The molecule has 1 heterocycles. The maximum absolute atomic E-state index is 12.4. The third-order valence-electron chi connectivity index (χ3n) is 6.08. The second-order valence-electron chi connectivity index (χ2n) is 8.32. The fraction of sp³-hybridized carbons (Fsp3) is 0.222. The van der Waals surface area contributed by atoms with Gasteiger partial charge in [0.15, 0.2) is 0 Å². The van der Waals surface area contributed by atoms with E-state index in [0.29, 0.717) is 17.9 Å². The van der Waals surface area contributed by atoms with E-state index in [0.717, 1.165) is 12.1 Å². The number of carbonyl (C=O) groups excluding carboxylic acids is 1. The average molecular weight is 521 g/mol. The first-order valence-corrected chi connectivity index (χ1v) is 11.7. The van der Waals surface area contributed by atoms with E-state index in [2.05, 4.69) is 94.0 Å². The molecule has 0 bridgehead atoms. The summed E-state index contributed by atoms with van der Waals surface area (Å²) in [6.07, 6.45) is 5.30. The van der Waals surface area contributed by atoms with Crippen LogP contribution >= 0.6 is 22.6 Å². The Hall–Kier alpha value is -2.60. The third kappa shape index (κ3) is 4.40. The van der Waals surface area contributed by atoms with Gasteiger partial charge in [0, 0.05) is 21.8 Å². The highest BCUT2D eigenvalue weighted by Crippen LogP contribution is 2.40. The fourth-order valence-corrected chi connectivity index (χ4v) is 4.58. The average Bonchev–Trinajstić information content (AvgIpc) is 3.57. The number of esters is 1. The summed E-state index contributed by atoms with van der Waals surface area (Å²) in [7, 11) is 1.46. The zero-order chi connectivity index (χ0) is 21.4.